The molecule has 0 saturated carbocycles. The van der Waals surface area contributed by atoms with E-state index in [0.29, 0.717) is 0 Å². The van der Waals surface area contributed by atoms with Crippen molar-refractivity contribution in [1.82, 2.24) is 4.98 Å². The number of pyridine rings is 1. The van der Waals surface area contributed by atoms with Gasteiger partial charge in [-0.25, -0.2) is 8.42 Å². The molecule has 5 nitrogen and oxygen atoms in total. The molecular weight excluding hydrogens is 227 g/mol. The lowest BCUT2D eigenvalue weighted by Crippen LogP contribution is -2.14. The minimum Gasteiger partial charge on any atom is -0.451 e. The predicted octanol–water partition coefficient (Wildman–Crippen LogP) is 1.02. The van der Waals surface area contributed by atoms with Crippen LogP contribution in [0.4, 0.5) is 5.82 Å². The highest BCUT2D eigenvalue weighted by molar-refractivity contribution is 7.91. The first-order valence-electron chi connectivity index (χ1n) is 4.70. The Morgan fingerprint density at radius 3 is 2.69 bits per heavy atom. The fourth-order valence-corrected chi connectivity index (χ4v) is 2.44. The van der Waals surface area contributed by atoms with Crippen LogP contribution in [0.25, 0.3) is 4.85 Å². The quantitative estimate of drug-likeness (QED) is 0.627. The first kappa shape index (κ1) is 12.7. The maximum atomic E-state index is 11.7. The number of hydrogen-bond acceptors (Lipinski definition) is 4. The van der Waals surface area contributed by atoms with Crippen LogP contribution in [0.2, 0.25) is 13.1 Å². The van der Waals surface area contributed by atoms with Crippen molar-refractivity contribution in [1.29, 1.82) is 0 Å². The van der Waals surface area contributed by atoms with Crippen LogP contribution in [0.1, 0.15) is 0 Å². The van der Waals surface area contributed by atoms with Gasteiger partial charge in [0.1, 0.15) is 11.1 Å². The lowest BCUT2D eigenvalue weighted by molar-refractivity contribution is 0.573. The molecule has 0 spiro atoms. The molecule has 0 aromatic carbocycles. The van der Waals surface area contributed by atoms with Crippen molar-refractivity contribution in [3.63, 3.8) is 0 Å². The van der Waals surface area contributed by atoms with Gasteiger partial charge in [0.15, 0.2) is 9.84 Å². The van der Waals surface area contributed by atoms with Gasteiger partial charge in [-0.05, 0) is 18.5 Å². The van der Waals surface area contributed by atoms with Gasteiger partial charge in [0.05, 0.1) is 5.75 Å². The summed E-state index contributed by atoms with van der Waals surface area (Å²) in [5.74, 6) is 0.0402. The van der Waals surface area contributed by atoms with Crippen molar-refractivity contribution < 1.29 is 13.4 Å². The normalized spacial score (nSPS) is 10.8. The van der Waals surface area contributed by atoms with Gasteiger partial charge in [0, 0.05) is 0 Å². The van der Waals surface area contributed by atoms with Gasteiger partial charge in [-0.2, -0.15) is 0 Å². The average molecular weight is 238 g/mol. The molecule has 0 bridgehead atoms. The van der Waals surface area contributed by atoms with Crippen LogP contribution in [0.3, 0.4) is 0 Å². The highest BCUT2D eigenvalue weighted by atomic mass is 32.2. The molecule has 0 atom stereocenters. The maximum absolute atomic E-state index is 11.7. The summed E-state index contributed by atoms with van der Waals surface area (Å²) in [7, 11) is -3.41. The van der Waals surface area contributed by atoms with E-state index in [1.165, 1.54) is 25.2 Å². The van der Waals surface area contributed by atoms with E-state index >= 15 is 0 Å². The number of sulfone groups is 1. The Hall–Kier alpha value is -1.39. The second kappa shape index (κ2) is 5.10. The first-order valence-corrected chi connectivity index (χ1v) is 6.35. The van der Waals surface area contributed by atoms with E-state index in [2.05, 4.69) is 9.83 Å². The molecule has 0 radical (unpaired) electrons. The Balaban J connectivity index is 2.87. The summed E-state index contributed by atoms with van der Waals surface area (Å²) >= 11 is 0. The van der Waals surface area contributed by atoms with Gasteiger partial charge in [0.25, 0.3) is 12.7 Å². The fraction of sp³-hybridized carbons (Fsp3) is 0.333. The van der Waals surface area contributed by atoms with Crippen LogP contribution >= 0.6 is 0 Å². The van der Waals surface area contributed by atoms with E-state index < -0.39 is 16.8 Å². The summed E-state index contributed by atoms with van der Waals surface area (Å²) in [6.45, 7) is 7.58. The number of rotatable bonds is 4. The van der Waals surface area contributed by atoms with Crippen LogP contribution in [-0.2, 0) is 9.84 Å². The van der Waals surface area contributed by atoms with Crippen molar-refractivity contribution >= 4 is 22.6 Å². The minimum atomic E-state index is -3.41. The Morgan fingerprint density at radius 2 is 2.25 bits per heavy atom. The SMILES string of the molecule is [C-]#[N+]c1ccc(S(=O)(=O)CCB(C)O)cn1. The Bertz CT molecular complexity index is 490. The third-order valence-corrected chi connectivity index (χ3v) is 3.73. The topological polar surface area (TPSA) is 71.6 Å². The summed E-state index contributed by atoms with van der Waals surface area (Å²) in [6.07, 6.45) is 1.36. The molecule has 1 N–H and O–H groups in total. The molecule has 0 fully saturated rings. The van der Waals surface area contributed by atoms with Gasteiger partial charge in [-0.1, -0.05) is 13.4 Å². The van der Waals surface area contributed by atoms with E-state index in [0.717, 1.165) is 0 Å². The Morgan fingerprint density at radius 1 is 1.56 bits per heavy atom. The molecule has 0 aliphatic heterocycles. The lowest BCUT2D eigenvalue weighted by Gasteiger charge is -2.02. The van der Waals surface area contributed by atoms with Crippen molar-refractivity contribution in [2.45, 2.75) is 18.0 Å². The minimum absolute atomic E-state index is 0.0838. The zero-order chi connectivity index (χ0) is 12.2. The van der Waals surface area contributed by atoms with Gasteiger partial charge in [-0.15, -0.1) is 4.98 Å². The third kappa shape index (κ3) is 3.33. The zero-order valence-corrected chi connectivity index (χ0v) is 9.61. The number of aromatic nitrogens is 1. The fourth-order valence-electron chi connectivity index (χ4n) is 1.07. The third-order valence-electron chi connectivity index (χ3n) is 2.00. The van der Waals surface area contributed by atoms with Crippen molar-refractivity contribution in [3.05, 3.63) is 29.7 Å². The molecule has 1 heterocycles. The Kier molecular flexibility index (Phi) is 4.04. The molecule has 1 aromatic rings. The molecule has 0 saturated heterocycles. The van der Waals surface area contributed by atoms with Crippen LogP contribution in [0.15, 0.2) is 23.2 Å². The highest BCUT2D eigenvalue weighted by Gasteiger charge is 2.18. The molecule has 1 aromatic heterocycles. The Labute approximate surface area is 95.0 Å². The summed E-state index contributed by atoms with van der Waals surface area (Å²) in [6, 6.07) is 2.72. The maximum Gasteiger partial charge on any atom is 0.286 e. The van der Waals surface area contributed by atoms with Gasteiger partial charge in [0.2, 0.25) is 0 Å². The molecule has 1 rings (SSSR count). The predicted molar refractivity (Wildman–Crippen MR) is 61.2 cm³/mol. The van der Waals surface area contributed by atoms with Crippen LogP contribution in [0, 0.1) is 6.57 Å². The molecule has 0 unspecified atom stereocenters. The van der Waals surface area contributed by atoms with E-state index in [1.807, 2.05) is 0 Å². The molecule has 84 valence electrons. The van der Waals surface area contributed by atoms with Crippen molar-refractivity contribution in [3.8, 4) is 0 Å². The van der Waals surface area contributed by atoms with Crippen molar-refractivity contribution in [2.24, 2.45) is 0 Å². The van der Waals surface area contributed by atoms with Crippen molar-refractivity contribution in [2.75, 3.05) is 5.75 Å². The second-order valence-corrected chi connectivity index (χ2v) is 5.53. The molecule has 0 amide bonds. The molecule has 16 heavy (non-hydrogen) atoms. The van der Waals surface area contributed by atoms with E-state index in [4.69, 9.17) is 11.6 Å². The van der Waals surface area contributed by atoms with Crippen LogP contribution in [0.5, 0.6) is 0 Å². The monoisotopic (exact) mass is 238 g/mol. The molecule has 7 heteroatoms. The van der Waals surface area contributed by atoms with Crippen LogP contribution < -0.4 is 0 Å². The highest BCUT2D eigenvalue weighted by Crippen LogP contribution is 2.15. The average Bonchev–Trinajstić information content (AvgIpc) is 2.27. The van der Waals surface area contributed by atoms with Crippen LogP contribution in [-0.4, -0.2) is 31.1 Å². The molecular formula is C9H11BN2O3S. The number of nitrogens with zero attached hydrogens (tertiary/aromatic N) is 2. The summed E-state index contributed by atoms with van der Waals surface area (Å²) in [5.41, 5.74) is 0. The summed E-state index contributed by atoms with van der Waals surface area (Å²) < 4.78 is 23.4. The molecule has 0 aliphatic carbocycles. The second-order valence-electron chi connectivity index (χ2n) is 3.42. The van der Waals surface area contributed by atoms with E-state index in [-0.39, 0.29) is 22.8 Å². The van der Waals surface area contributed by atoms with Gasteiger partial charge < -0.3 is 9.87 Å². The standard InChI is InChI=1S/C9H11BN2O3S/c1-10(13)5-6-16(14,15)8-3-4-9(11-2)12-7-8/h3-4,7,13H,5-6H2,1H3. The summed E-state index contributed by atoms with van der Waals surface area (Å²) in [5, 5.41) is 9.02. The molecule has 0 aliphatic rings. The number of hydrogen-bond donors (Lipinski definition) is 1. The van der Waals surface area contributed by atoms with E-state index in [9.17, 15) is 8.42 Å². The lowest BCUT2D eigenvalue weighted by atomic mass is 9.69. The van der Waals surface area contributed by atoms with E-state index in [1.54, 1.807) is 0 Å². The smallest absolute Gasteiger partial charge is 0.286 e. The zero-order valence-electron chi connectivity index (χ0n) is 8.79. The van der Waals surface area contributed by atoms with Gasteiger partial charge in [-0.3, -0.25) is 0 Å². The summed E-state index contributed by atoms with van der Waals surface area (Å²) in [4.78, 5) is 6.85. The van der Waals surface area contributed by atoms with Gasteiger partial charge >= 0.3 is 0 Å². The largest absolute Gasteiger partial charge is 0.451 e. The first-order chi connectivity index (χ1) is 7.45.